The predicted molar refractivity (Wildman–Crippen MR) is 60.3 cm³/mol. The molecule has 0 bridgehead atoms. The van der Waals surface area contributed by atoms with Gasteiger partial charge >= 0.3 is 6.18 Å². The fourth-order valence-electron chi connectivity index (χ4n) is 2.14. The Hall–Kier alpha value is -1.59. The Labute approximate surface area is 103 Å². The topological polar surface area (TPSA) is 33.2 Å². The standard InChI is InChI=1S/C12H13F3N2O/c13-12(14,15)9-4-5-16-11(7-9)17-6-2-1-3-10(17)8-18/h4-5,7-8,10H,1-3,6H2. The average Bonchev–Trinajstić information content (AvgIpc) is 2.38. The lowest BCUT2D eigenvalue weighted by molar-refractivity contribution is -0.137. The zero-order valence-corrected chi connectivity index (χ0v) is 9.65. The lowest BCUT2D eigenvalue weighted by Gasteiger charge is -2.33. The van der Waals surface area contributed by atoms with Crippen LogP contribution in [0.15, 0.2) is 18.3 Å². The molecule has 0 saturated carbocycles. The molecule has 1 aliphatic heterocycles. The second kappa shape index (κ2) is 4.96. The van der Waals surface area contributed by atoms with Gasteiger partial charge in [-0.25, -0.2) is 4.98 Å². The van der Waals surface area contributed by atoms with E-state index in [4.69, 9.17) is 0 Å². The van der Waals surface area contributed by atoms with Crippen LogP contribution in [-0.4, -0.2) is 23.9 Å². The van der Waals surface area contributed by atoms with Gasteiger partial charge in [-0.3, -0.25) is 0 Å². The summed E-state index contributed by atoms with van der Waals surface area (Å²) in [5.74, 6) is 0.224. The zero-order valence-electron chi connectivity index (χ0n) is 9.65. The minimum Gasteiger partial charge on any atom is -0.347 e. The van der Waals surface area contributed by atoms with Crippen LogP contribution < -0.4 is 4.90 Å². The first-order valence-corrected chi connectivity index (χ1v) is 5.77. The number of carbonyl (C=O) groups is 1. The van der Waals surface area contributed by atoms with Crippen LogP contribution in [-0.2, 0) is 11.0 Å². The fraction of sp³-hybridized carbons (Fsp3) is 0.500. The van der Waals surface area contributed by atoms with Gasteiger partial charge in [-0.05, 0) is 31.4 Å². The molecule has 2 heterocycles. The van der Waals surface area contributed by atoms with Crippen LogP contribution in [0.4, 0.5) is 19.0 Å². The number of alkyl halides is 3. The van der Waals surface area contributed by atoms with E-state index in [1.807, 2.05) is 0 Å². The van der Waals surface area contributed by atoms with Crippen LogP contribution in [0.25, 0.3) is 0 Å². The van der Waals surface area contributed by atoms with E-state index in [0.29, 0.717) is 13.0 Å². The molecule has 0 spiro atoms. The van der Waals surface area contributed by atoms with Crippen molar-refractivity contribution in [2.45, 2.75) is 31.5 Å². The second-order valence-corrected chi connectivity index (χ2v) is 4.29. The molecule has 1 aromatic heterocycles. The highest BCUT2D eigenvalue weighted by molar-refractivity contribution is 5.65. The number of nitrogens with zero attached hydrogens (tertiary/aromatic N) is 2. The number of piperidine rings is 1. The van der Waals surface area contributed by atoms with Crippen molar-refractivity contribution >= 4 is 12.1 Å². The zero-order chi connectivity index (χ0) is 13.2. The maximum absolute atomic E-state index is 12.6. The summed E-state index contributed by atoms with van der Waals surface area (Å²) >= 11 is 0. The highest BCUT2D eigenvalue weighted by Crippen LogP contribution is 2.31. The Kier molecular flexibility index (Phi) is 3.54. The summed E-state index contributed by atoms with van der Waals surface area (Å²) < 4.78 is 37.8. The van der Waals surface area contributed by atoms with Gasteiger partial charge in [0.2, 0.25) is 0 Å². The molecule has 3 nitrogen and oxygen atoms in total. The monoisotopic (exact) mass is 258 g/mol. The molecule has 18 heavy (non-hydrogen) atoms. The Morgan fingerprint density at radius 1 is 1.39 bits per heavy atom. The first-order valence-electron chi connectivity index (χ1n) is 5.77. The predicted octanol–water partition coefficient (Wildman–Crippen LogP) is 2.66. The molecule has 0 amide bonds. The Balaban J connectivity index is 2.29. The summed E-state index contributed by atoms with van der Waals surface area (Å²) in [6.07, 6.45) is -0.0254. The molecule has 0 aliphatic carbocycles. The lowest BCUT2D eigenvalue weighted by atomic mass is 10.0. The van der Waals surface area contributed by atoms with Gasteiger partial charge in [0.05, 0.1) is 11.6 Å². The first-order chi connectivity index (χ1) is 8.52. The Morgan fingerprint density at radius 2 is 2.17 bits per heavy atom. The number of anilines is 1. The number of aldehydes is 1. The van der Waals surface area contributed by atoms with Gasteiger partial charge in [0, 0.05) is 12.7 Å². The summed E-state index contributed by atoms with van der Waals surface area (Å²) in [4.78, 5) is 16.5. The van der Waals surface area contributed by atoms with Crippen LogP contribution in [0.2, 0.25) is 0 Å². The van der Waals surface area contributed by atoms with Crippen molar-refractivity contribution in [3.05, 3.63) is 23.9 Å². The van der Waals surface area contributed by atoms with Crippen molar-refractivity contribution in [2.24, 2.45) is 0 Å². The van der Waals surface area contributed by atoms with Crippen LogP contribution in [0.5, 0.6) is 0 Å². The van der Waals surface area contributed by atoms with Crippen LogP contribution >= 0.6 is 0 Å². The van der Waals surface area contributed by atoms with Gasteiger partial charge in [0.15, 0.2) is 0 Å². The summed E-state index contributed by atoms with van der Waals surface area (Å²) in [5, 5.41) is 0. The molecular weight excluding hydrogens is 245 g/mol. The molecule has 2 rings (SSSR count). The third-order valence-corrected chi connectivity index (χ3v) is 3.07. The maximum atomic E-state index is 12.6. The molecule has 0 radical (unpaired) electrons. The van der Waals surface area contributed by atoms with Gasteiger partial charge in [-0.15, -0.1) is 0 Å². The first kappa shape index (κ1) is 12.9. The summed E-state index contributed by atoms with van der Waals surface area (Å²) in [5.41, 5.74) is -0.734. The number of hydrogen-bond acceptors (Lipinski definition) is 3. The van der Waals surface area contributed by atoms with Gasteiger partial charge in [-0.1, -0.05) is 0 Å². The molecule has 0 aromatic carbocycles. The maximum Gasteiger partial charge on any atom is 0.416 e. The molecule has 1 atom stereocenters. The van der Waals surface area contributed by atoms with E-state index >= 15 is 0 Å². The number of halogens is 3. The van der Waals surface area contributed by atoms with E-state index in [0.717, 1.165) is 37.5 Å². The Bertz CT molecular complexity index is 434. The second-order valence-electron chi connectivity index (χ2n) is 4.29. The van der Waals surface area contributed by atoms with E-state index in [1.165, 1.54) is 0 Å². The quantitative estimate of drug-likeness (QED) is 0.765. The highest BCUT2D eigenvalue weighted by Gasteiger charge is 2.32. The third kappa shape index (κ3) is 2.63. The van der Waals surface area contributed by atoms with E-state index in [9.17, 15) is 18.0 Å². The third-order valence-electron chi connectivity index (χ3n) is 3.07. The summed E-state index contributed by atoms with van der Waals surface area (Å²) in [6.45, 7) is 0.567. The summed E-state index contributed by atoms with van der Waals surface area (Å²) in [6, 6.07) is 1.57. The van der Waals surface area contributed by atoms with Crippen molar-refractivity contribution in [2.75, 3.05) is 11.4 Å². The minimum atomic E-state index is -4.38. The van der Waals surface area contributed by atoms with Crippen LogP contribution in [0.3, 0.4) is 0 Å². The molecule has 1 saturated heterocycles. The molecule has 6 heteroatoms. The van der Waals surface area contributed by atoms with Crippen molar-refractivity contribution in [1.29, 1.82) is 0 Å². The largest absolute Gasteiger partial charge is 0.416 e. The number of rotatable bonds is 2. The number of carbonyl (C=O) groups excluding carboxylic acids is 1. The van der Waals surface area contributed by atoms with Crippen LogP contribution in [0.1, 0.15) is 24.8 Å². The van der Waals surface area contributed by atoms with Crippen molar-refractivity contribution in [3.63, 3.8) is 0 Å². The molecule has 0 N–H and O–H groups in total. The van der Waals surface area contributed by atoms with Crippen molar-refractivity contribution < 1.29 is 18.0 Å². The number of pyridine rings is 1. The van der Waals surface area contributed by atoms with Gasteiger partial charge < -0.3 is 9.69 Å². The van der Waals surface area contributed by atoms with E-state index in [1.54, 1.807) is 4.90 Å². The normalized spacial score (nSPS) is 20.8. The van der Waals surface area contributed by atoms with Crippen LogP contribution in [0, 0.1) is 0 Å². The number of aromatic nitrogens is 1. The lowest BCUT2D eigenvalue weighted by Crippen LogP contribution is -2.41. The minimum absolute atomic E-state index is 0.224. The Morgan fingerprint density at radius 3 is 2.83 bits per heavy atom. The van der Waals surface area contributed by atoms with E-state index in [-0.39, 0.29) is 11.9 Å². The van der Waals surface area contributed by atoms with Gasteiger partial charge in [-0.2, -0.15) is 13.2 Å². The molecule has 1 unspecified atom stereocenters. The van der Waals surface area contributed by atoms with Crippen molar-refractivity contribution in [1.82, 2.24) is 4.98 Å². The molecular formula is C12H13F3N2O. The molecule has 1 aromatic rings. The van der Waals surface area contributed by atoms with E-state index < -0.39 is 11.7 Å². The fourth-order valence-corrected chi connectivity index (χ4v) is 2.14. The van der Waals surface area contributed by atoms with Crippen molar-refractivity contribution in [3.8, 4) is 0 Å². The van der Waals surface area contributed by atoms with E-state index in [2.05, 4.69) is 4.98 Å². The molecule has 1 aliphatic rings. The summed E-state index contributed by atoms with van der Waals surface area (Å²) in [7, 11) is 0. The van der Waals surface area contributed by atoms with Gasteiger partial charge in [0.25, 0.3) is 0 Å². The smallest absolute Gasteiger partial charge is 0.347 e. The SMILES string of the molecule is O=CC1CCCCN1c1cc(C(F)(F)F)ccn1. The number of hydrogen-bond donors (Lipinski definition) is 0. The van der Waals surface area contributed by atoms with Gasteiger partial charge in [0.1, 0.15) is 12.1 Å². The molecule has 98 valence electrons. The average molecular weight is 258 g/mol. The highest BCUT2D eigenvalue weighted by atomic mass is 19.4. The molecule has 1 fully saturated rings.